The minimum Gasteiger partial charge on any atom is -0.280 e. The van der Waals surface area contributed by atoms with Crippen molar-refractivity contribution in [2.75, 3.05) is 6.54 Å². The van der Waals surface area contributed by atoms with E-state index in [4.69, 9.17) is 0 Å². The topological polar surface area (TPSA) is 12.4 Å². The van der Waals surface area contributed by atoms with Gasteiger partial charge < -0.3 is 0 Å². The van der Waals surface area contributed by atoms with E-state index >= 15 is 0 Å². The summed E-state index contributed by atoms with van der Waals surface area (Å²) >= 11 is 0. The molecule has 0 N–H and O–H groups in total. The first kappa shape index (κ1) is 14.1. The molecule has 100 valence electrons. The number of aryl methyl sites for hydroxylation is 3. The maximum Gasteiger partial charge on any atom is 0.100 e. The Morgan fingerprint density at radius 3 is 2.40 bits per heavy atom. The molecule has 0 fully saturated rings. The largest absolute Gasteiger partial charge is 0.280 e. The van der Waals surface area contributed by atoms with Crippen LogP contribution in [0.3, 0.4) is 0 Å². The van der Waals surface area contributed by atoms with Crippen LogP contribution in [0.2, 0.25) is 0 Å². The molecule has 0 radical (unpaired) electrons. The second-order valence-corrected chi connectivity index (χ2v) is 4.93. The van der Waals surface area contributed by atoms with Gasteiger partial charge in [0, 0.05) is 11.8 Å². The molecule has 2 aromatic carbocycles. The lowest BCUT2D eigenvalue weighted by Crippen LogP contribution is -1.88. The zero-order valence-electron chi connectivity index (χ0n) is 12.3. The highest BCUT2D eigenvalue weighted by molar-refractivity contribution is 5.79. The summed E-state index contributed by atoms with van der Waals surface area (Å²) in [6.07, 6.45) is 1.86. The summed E-state index contributed by atoms with van der Waals surface area (Å²) in [5.74, 6) is 6.32. The Morgan fingerprint density at radius 1 is 0.950 bits per heavy atom. The van der Waals surface area contributed by atoms with Crippen LogP contribution in [0, 0.1) is 32.6 Å². The van der Waals surface area contributed by atoms with E-state index in [1.165, 1.54) is 16.7 Å². The summed E-state index contributed by atoms with van der Waals surface area (Å²) in [5, 5.41) is 0. The Morgan fingerprint density at radius 2 is 1.65 bits per heavy atom. The van der Waals surface area contributed by atoms with Gasteiger partial charge in [0.15, 0.2) is 0 Å². The molecular formula is C19H19N. The Labute approximate surface area is 121 Å². The first-order valence-corrected chi connectivity index (χ1v) is 6.78. The highest BCUT2D eigenvalue weighted by Gasteiger charge is 1.98. The maximum absolute atomic E-state index is 4.33. The molecule has 0 aliphatic carbocycles. The van der Waals surface area contributed by atoms with Crippen molar-refractivity contribution in [3.63, 3.8) is 0 Å². The first-order valence-electron chi connectivity index (χ1n) is 6.78. The number of benzene rings is 2. The Bertz CT molecular complexity index is 670. The molecule has 2 rings (SSSR count). The lowest BCUT2D eigenvalue weighted by molar-refractivity contribution is 1.28. The quantitative estimate of drug-likeness (QED) is 0.570. The van der Waals surface area contributed by atoms with Gasteiger partial charge in [0.05, 0.1) is 0 Å². The van der Waals surface area contributed by atoms with Crippen molar-refractivity contribution >= 4 is 6.21 Å². The maximum atomic E-state index is 4.33. The molecule has 0 bridgehead atoms. The number of hydrogen-bond acceptors (Lipinski definition) is 1. The van der Waals surface area contributed by atoms with Crippen LogP contribution in [-0.4, -0.2) is 12.8 Å². The Kier molecular flexibility index (Phi) is 4.74. The van der Waals surface area contributed by atoms with Crippen LogP contribution in [0.1, 0.15) is 27.8 Å². The predicted octanol–water partition coefficient (Wildman–Crippen LogP) is 4.08. The van der Waals surface area contributed by atoms with Gasteiger partial charge in [-0.25, -0.2) is 0 Å². The SMILES string of the molecule is Cc1cc(C)c(C#CCN=Cc2ccccc2)cc1C. The van der Waals surface area contributed by atoms with E-state index in [1.807, 2.05) is 36.5 Å². The van der Waals surface area contributed by atoms with Crippen molar-refractivity contribution in [1.29, 1.82) is 0 Å². The van der Waals surface area contributed by atoms with E-state index in [-0.39, 0.29) is 0 Å². The fourth-order valence-corrected chi connectivity index (χ4v) is 1.97. The molecule has 0 aromatic heterocycles. The molecule has 0 aliphatic rings. The van der Waals surface area contributed by atoms with Crippen molar-refractivity contribution < 1.29 is 0 Å². The molecule has 0 saturated carbocycles. The minimum atomic E-state index is 0.529. The van der Waals surface area contributed by atoms with Crippen LogP contribution in [-0.2, 0) is 0 Å². The Hall–Kier alpha value is -2.33. The Balaban J connectivity index is 2.02. The summed E-state index contributed by atoms with van der Waals surface area (Å²) in [6, 6.07) is 14.4. The molecule has 20 heavy (non-hydrogen) atoms. The molecule has 0 atom stereocenters. The van der Waals surface area contributed by atoms with Crippen LogP contribution >= 0.6 is 0 Å². The van der Waals surface area contributed by atoms with Crippen LogP contribution in [0.4, 0.5) is 0 Å². The minimum absolute atomic E-state index is 0.529. The molecule has 0 unspecified atom stereocenters. The number of hydrogen-bond donors (Lipinski definition) is 0. The molecule has 1 heteroatoms. The molecule has 0 aliphatic heterocycles. The van der Waals surface area contributed by atoms with Gasteiger partial charge in [0.25, 0.3) is 0 Å². The van der Waals surface area contributed by atoms with E-state index in [0.29, 0.717) is 6.54 Å². The van der Waals surface area contributed by atoms with Crippen molar-refractivity contribution in [2.45, 2.75) is 20.8 Å². The molecule has 2 aromatic rings. The second kappa shape index (κ2) is 6.73. The fraction of sp³-hybridized carbons (Fsp3) is 0.211. The zero-order valence-corrected chi connectivity index (χ0v) is 12.3. The van der Waals surface area contributed by atoms with E-state index < -0.39 is 0 Å². The third-order valence-electron chi connectivity index (χ3n) is 3.27. The van der Waals surface area contributed by atoms with Gasteiger partial charge in [-0.05, 0) is 49.1 Å². The van der Waals surface area contributed by atoms with Crippen molar-refractivity contribution in [2.24, 2.45) is 4.99 Å². The highest BCUT2D eigenvalue weighted by atomic mass is 14.7. The van der Waals surface area contributed by atoms with Crippen LogP contribution < -0.4 is 0 Å². The van der Waals surface area contributed by atoms with Crippen LogP contribution in [0.15, 0.2) is 47.5 Å². The van der Waals surface area contributed by atoms with Crippen molar-refractivity contribution in [3.8, 4) is 11.8 Å². The van der Waals surface area contributed by atoms with Crippen LogP contribution in [0.5, 0.6) is 0 Å². The van der Waals surface area contributed by atoms with Gasteiger partial charge in [-0.2, -0.15) is 0 Å². The van der Waals surface area contributed by atoms with Gasteiger partial charge in [0.2, 0.25) is 0 Å². The molecule has 0 amide bonds. The average Bonchev–Trinajstić information content (AvgIpc) is 2.45. The predicted molar refractivity (Wildman–Crippen MR) is 86.4 cm³/mol. The van der Waals surface area contributed by atoms with E-state index in [9.17, 15) is 0 Å². The molecule has 1 nitrogen and oxygen atoms in total. The number of nitrogens with zero attached hydrogens (tertiary/aromatic N) is 1. The fourth-order valence-electron chi connectivity index (χ4n) is 1.97. The normalized spacial score (nSPS) is 10.3. The summed E-state index contributed by atoms with van der Waals surface area (Å²) in [7, 11) is 0. The highest BCUT2D eigenvalue weighted by Crippen LogP contribution is 2.14. The molecule has 0 heterocycles. The van der Waals surface area contributed by atoms with Crippen LogP contribution in [0.25, 0.3) is 0 Å². The monoisotopic (exact) mass is 261 g/mol. The summed E-state index contributed by atoms with van der Waals surface area (Å²) in [5.41, 5.74) is 6.04. The molecule has 0 spiro atoms. The lowest BCUT2D eigenvalue weighted by atomic mass is 10.0. The molecule has 0 saturated heterocycles. The first-order chi connectivity index (χ1) is 9.66. The van der Waals surface area contributed by atoms with Gasteiger partial charge in [-0.15, -0.1) is 0 Å². The number of rotatable bonds is 2. The van der Waals surface area contributed by atoms with Gasteiger partial charge >= 0.3 is 0 Å². The van der Waals surface area contributed by atoms with Gasteiger partial charge in [0.1, 0.15) is 6.54 Å². The van der Waals surface area contributed by atoms with Gasteiger partial charge in [-0.3, -0.25) is 4.99 Å². The van der Waals surface area contributed by atoms with E-state index in [0.717, 1.165) is 11.1 Å². The molecular weight excluding hydrogens is 242 g/mol. The summed E-state index contributed by atoms with van der Waals surface area (Å²) < 4.78 is 0. The van der Waals surface area contributed by atoms with Crippen molar-refractivity contribution in [3.05, 3.63) is 70.3 Å². The third kappa shape index (κ3) is 3.83. The average molecular weight is 261 g/mol. The van der Waals surface area contributed by atoms with Crippen molar-refractivity contribution in [1.82, 2.24) is 0 Å². The van der Waals surface area contributed by atoms with E-state index in [2.05, 4.69) is 49.7 Å². The van der Waals surface area contributed by atoms with Gasteiger partial charge in [-0.1, -0.05) is 48.2 Å². The summed E-state index contributed by atoms with van der Waals surface area (Å²) in [6.45, 7) is 6.88. The van der Waals surface area contributed by atoms with E-state index in [1.54, 1.807) is 0 Å². The third-order valence-corrected chi connectivity index (χ3v) is 3.27. The lowest BCUT2D eigenvalue weighted by Gasteiger charge is -2.03. The zero-order chi connectivity index (χ0) is 14.4. The number of aliphatic imine (C=N–C) groups is 1. The standard InChI is InChI=1S/C19H19N/c1-15-12-17(3)19(13-16(15)2)10-7-11-20-14-18-8-5-4-6-9-18/h4-6,8-9,12-14H,11H2,1-3H3. The summed E-state index contributed by atoms with van der Waals surface area (Å²) in [4.78, 5) is 4.33. The smallest absolute Gasteiger partial charge is 0.100 e. The second-order valence-electron chi connectivity index (χ2n) is 4.93.